The molecule has 2 aliphatic carbocycles. The Morgan fingerprint density at radius 3 is 2.59 bits per heavy atom. The highest BCUT2D eigenvalue weighted by Crippen LogP contribution is 2.68. The highest BCUT2D eigenvalue weighted by atomic mass is 16.4. The second kappa shape index (κ2) is 4.00. The molecule has 114 valence electrons. The number of benzene rings is 1. The van der Waals surface area contributed by atoms with Crippen LogP contribution in [0.1, 0.15) is 61.3 Å². The summed E-state index contributed by atoms with van der Waals surface area (Å²) in [6, 6.07) is 9.78. The number of para-hydroxylation sites is 1. The summed E-state index contributed by atoms with van der Waals surface area (Å²) in [6.45, 7) is 6.75. The van der Waals surface area contributed by atoms with Gasteiger partial charge >= 0.3 is 0 Å². The number of carbonyl (C=O) groups excluding carboxylic acids is 1. The molecule has 1 aromatic heterocycles. The van der Waals surface area contributed by atoms with Crippen molar-refractivity contribution in [1.29, 1.82) is 0 Å². The number of hydrogen-bond acceptors (Lipinski definition) is 3. The van der Waals surface area contributed by atoms with Crippen LogP contribution in [-0.2, 0) is 5.41 Å². The molecule has 0 N–H and O–H groups in total. The quantitative estimate of drug-likeness (QED) is 0.855. The first-order chi connectivity index (χ1) is 10.4. The van der Waals surface area contributed by atoms with Gasteiger partial charge in [0.2, 0.25) is 0 Å². The van der Waals surface area contributed by atoms with Crippen LogP contribution in [0.25, 0.3) is 5.69 Å². The molecule has 1 saturated carbocycles. The van der Waals surface area contributed by atoms with Crippen LogP contribution in [-0.4, -0.2) is 15.7 Å². The Morgan fingerprint density at radius 2 is 1.95 bits per heavy atom. The molecule has 2 atom stereocenters. The molecule has 22 heavy (non-hydrogen) atoms. The fourth-order valence-corrected chi connectivity index (χ4v) is 4.63. The number of carboxylic acid groups (broad SMARTS) is 1. The summed E-state index contributed by atoms with van der Waals surface area (Å²) >= 11 is 0. The summed E-state index contributed by atoms with van der Waals surface area (Å²) in [4.78, 5) is 11.6. The third-order valence-corrected chi connectivity index (χ3v) is 6.21. The van der Waals surface area contributed by atoms with Gasteiger partial charge in [-0.2, -0.15) is 5.10 Å². The number of fused-ring (bicyclic) bond motifs is 5. The number of aromatic nitrogens is 2. The lowest BCUT2D eigenvalue weighted by Gasteiger charge is -2.35. The van der Waals surface area contributed by atoms with Crippen molar-refractivity contribution in [3.63, 3.8) is 0 Å². The molecule has 4 heteroatoms. The normalized spacial score (nSPS) is 27.9. The maximum atomic E-state index is 11.6. The summed E-state index contributed by atoms with van der Waals surface area (Å²) in [7, 11) is 0. The number of nitrogens with zero attached hydrogens (tertiary/aromatic N) is 2. The predicted molar refractivity (Wildman–Crippen MR) is 81.0 cm³/mol. The Bertz CT molecular complexity index is 776. The lowest BCUT2D eigenvalue weighted by atomic mass is 9.70. The van der Waals surface area contributed by atoms with Crippen LogP contribution in [0.5, 0.6) is 0 Å². The smallest absolute Gasteiger partial charge is 0.112 e. The van der Waals surface area contributed by atoms with Gasteiger partial charge in [0.15, 0.2) is 0 Å². The molecule has 2 aliphatic rings. The minimum absolute atomic E-state index is 0.0430. The monoisotopic (exact) mass is 295 g/mol. The summed E-state index contributed by atoms with van der Waals surface area (Å²) in [5.41, 5.74) is 3.00. The first-order valence-electron chi connectivity index (χ1n) is 7.78. The van der Waals surface area contributed by atoms with Crippen molar-refractivity contribution >= 4 is 5.97 Å². The number of rotatable bonds is 2. The van der Waals surface area contributed by atoms with Gasteiger partial charge in [0, 0.05) is 11.0 Å². The molecular weight excluding hydrogens is 276 g/mol. The minimum Gasteiger partial charge on any atom is -0.543 e. The first-order valence-corrected chi connectivity index (χ1v) is 7.78. The maximum Gasteiger partial charge on any atom is 0.112 e. The van der Waals surface area contributed by atoms with E-state index in [4.69, 9.17) is 0 Å². The number of carbonyl (C=O) groups is 1. The van der Waals surface area contributed by atoms with Crippen LogP contribution in [0.3, 0.4) is 0 Å². The van der Waals surface area contributed by atoms with Gasteiger partial charge in [-0.1, -0.05) is 39.0 Å². The molecular formula is C18H19N2O2-. The van der Waals surface area contributed by atoms with Crippen LogP contribution in [0.4, 0.5) is 0 Å². The largest absolute Gasteiger partial charge is 0.543 e. The van der Waals surface area contributed by atoms with Gasteiger partial charge in [0.25, 0.3) is 0 Å². The highest BCUT2D eigenvalue weighted by Gasteiger charge is 2.62. The predicted octanol–water partition coefficient (Wildman–Crippen LogP) is 2.41. The minimum atomic E-state index is -1.17. The van der Waals surface area contributed by atoms with Gasteiger partial charge in [-0.25, -0.2) is 4.68 Å². The molecule has 0 spiro atoms. The second-order valence-electron chi connectivity index (χ2n) is 7.29. The third kappa shape index (κ3) is 1.38. The molecule has 0 radical (unpaired) electrons. The Hall–Kier alpha value is -2.10. The summed E-state index contributed by atoms with van der Waals surface area (Å²) in [5, 5.41) is 16.0. The second-order valence-corrected chi connectivity index (χ2v) is 7.29. The SMILES string of the molecule is CC12CCC(c3c(C(=O)[O-])nn(-c4ccccc4)c31)C2(C)C. The van der Waals surface area contributed by atoms with E-state index in [0.29, 0.717) is 0 Å². The van der Waals surface area contributed by atoms with Crippen molar-refractivity contribution in [3.05, 3.63) is 47.3 Å². The van der Waals surface area contributed by atoms with Gasteiger partial charge < -0.3 is 9.90 Å². The van der Waals surface area contributed by atoms with Crippen molar-refractivity contribution in [2.24, 2.45) is 5.41 Å². The fraction of sp³-hybridized carbons (Fsp3) is 0.444. The van der Waals surface area contributed by atoms with E-state index in [2.05, 4.69) is 25.9 Å². The zero-order valence-electron chi connectivity index (χ0n) is 13.1. The van der Waals surface area contributed by atoms with Crippen LogP contribution >= 0.6 is 0 Å². The van der Waals surface area contributed by atoms with E-state index in [9.17, 15) is 9.90 Å². The van der Waals surface area contributed by atoms with Gasteiger partial charge in [-0.3, -0.25) is 0 Å². The molecule has 1 aromatic carbocycles. The Morgan fingerprint density at radius 1 is 1.27 bits per heavy atom. The molecule has 2 unspecified atom stereocenters. The number of aromatic carboxylic acids is 1. The van der Waals surface area contributed by atoms with E-state index in [0.717, 1.165) is 29.8 Å². The zero-order chi connectivity index (χ0) is 15.7. The van der Waals surface area contributed by atoms with Gasteiger partial charge in [0.05, 0.1) is 17.4 Å². The van der Waals surface area contributed by atoms with Crippen LogP contribution in [0.2, 0.25) is 0 Å². The highest BCUT2D eigenvalue weighted by molar-refractivity contribution is 5.87. The van der Waals surface area contributed by atoms with Crippen molar-refractivity contribution in [2.45, 2.75) is 44.9 Å². The van der Waals surface area contributed by atoms with E-state index in [1.165, 1.54) is 0 Å². The molecule has 1 fully saturated rings. The molecule has 2 aromatic rings. The number of carboxylic acids is 1. The van der Waals surface area contributed by atoms with E-state index in [1.54, 1.807) is 0 Å². The topological polar surface area (TPSA) is 57.9 Å². The molecule has 0 saturated heterocycles. The van der Waals surface area contributed by atoms with E-state index < -0.39 is 5.97 Å². The summed E-state index contributed by atoms with van der Waals surface area (Å²) < 4.78 is 1.83. The van der Waals surface area contributed by atoms with Gasteiger partial charge in [-0.15, -0.1) is 0 Å². The third-order valence-electron chi connectivity index (χ3n) is 6.21. The molecule has 0 aliphatic heterocycles. The summed E-state index contributed by atoms with van der Waals surface area (Å²) in [5.74, 6) is -0.921. The summed E-state index contributed by atoms with van der Waals surface area (Å²) in [6.07, 6.45) is 2.10. The Kier molecular flexibility index (Phi) is 2.47. The van der Waals surface area contributed by atoms with Gasteiger partial charge in [-0.05, 0) is 36.3 Å². The molecule has 2 bridgehead atoms. The van der Waals surface area contributed by atoms with Crippen LogP contribution in [0.15, 0.2) is 30.3 Å². The molecule has 4 nitrogen and oxygen atoms in total. The Labute approximate surface area is 129 Å². The average molecular weight is 295 g/mol. The zero-order valence-corrected chi connectivity index (χ0v) is 13.1. The first kappa shape index (κ1) is 13.6. The van der Waals surface area contributed by atoms with E-state index >= 15 is 0 Å². The van der Waals surface area contributed by atoms with Gasteiger partial charge in [0.1, 0.15) is 5.69 Å². The van der Waals surface area contributed by atoms with Crippen LogP contribution in [0, 0.1) is 5.41 Å². The van der Waals surface area contributed by atoms with Crippen molar-refractivity contribution in [1.82, 2.24) is 9.78 Å². The van der Waals surface area contributed by atoms with Crippen molar-refractivity contribution < 1.29 is 9.90 Å². The average Bonchev–Trinajstić information content (AvgIpc) is 3.03. The molecule has 1 heterocycles. The standard InChI is InChI=1S/C18H20N2O2/c1-17(2)12-9-10-18(17,3)15-13(12)14(16(21)22)19-20(15)11-7-5-4-6-8-11/h4-8,12H,9-10H2,1-3H3,(H,21,22)/p-1. The van der Waals surface area contributed by atoms with Crippen LogP contribution < -0.4 is 5.11 Å². The lowest BCUT2D eigenvalue weighted by molar-refractivity contribution is -0.255. The maximum absolute atomic E-state index is 11.6. The lowest BCUT2D eigenvalue weighted by Crippen LogP contribution is -2.34. The van der Waals surface area contributed by atoms with Crippen molar-refractivity contribution in [3.8, 4) is 5.69 Å². The fourth-order valence-electron chi connectivity index (χ4n) is 4.63. The Balaban J connectivity index is 2.05. The molecule has 0 amide bonds. The molecule has 4 rings (SSSR count). The van der Waals surface area contributed by atoms with E-state index in [1.807, 2.05) is 35.0 Å². The number of hydrogen-bond donors (Lipinski definition) is 0. The van der Waals surface area contributed by atoms with Crippen molar-refractivity contribution in [2.75, 3.05) is 0 Å². The van der Waals surface area contributed by atoms with E-state index in [-0.39, 0.29) is 22.4 Å².